The Morgan fingerprint density at radius 3 is 2.81 bits per heavy atom. The maximum atomic E-state index is 13.2. The van der Waals surface area contributed by atoms with Gasteiger partial charge in [0.2, 0.25) is 10.9 Å². The molecule has 0 N–H and O–H groups in total. The van der Waals surface area contributed by atoms with Crippen LogP contribution in [0.5, 0.6) is 0 Å². The molecule has 0 fully saturated rings. The van der Waals surface area contributed by atoms with Gasteiger partial charge < -0.3 is 4.42 Å². The number of benzene rings is 1. The van der Waals surface area contributed by atoms with Gasteiger partial charge in [-0.25, -0.2) is 23.3 Å². The summed E-state index contributed by atoms with van der Waals surface area (Å²) in [6.45, 7) is 2.02. The predicted octanol–water partition coefficient (Wildman–Crippen LogP) is 3.44. The molecule has 0 saturated carbocycles. The number of oxazole rings is 1. The molecule has 0 unspecified atom stereocenters. The summed E-state index contributed by atoms with van der Waals surface area (Å²) in [6, 6.07) is 1.98. The maximum absolute atomic E-state index is 13.2. The predicted molar refractivity (Wildman–Crippen MR) is 73.2 cm³/mol. The number of fused-ring (bicyclic) bond motifs is 2. The van der Waals surface area contributed by atoms with Crippen LogP contribution in [0.2, 0.25) is 0 Å². The Balaban J connectivity index is 1.85. The molecule has 21 heavy (non-hydrogen) atoms. The van der Waals surface area contributed by atoms with Crippen molar-refractivity contribution in [2.24, 2.45) is 0 Å². The molecular weight excluding hydrogens is 298 g/mol. The molecule has 0 aliphatic heterocycles. The summed E-state index contributed by atoms with van der Waals surface area (Å²) in [4.78, 5) is 9.22. The summed E-state index contributed by atoms with van der Waals surface area (Å²) in [5.41, 5.74) is 0.915. The molecule has 0 spiro atoms. The first-order chi connectivity index (χ1) is 10.1. The molecule has 0 atom stereocenters. The van der Waals surface area contributed by atoms with Crippen molar-refractivity contribution in [3.05, 3.63) is 35.0 Å². The lowest BCUT2D eigenvalue weighted by Crippen LogP contribution is -1.83. The Bertz CT molecular complexity index is 901. The zero-order valence-corrected chi connectivity index (χ0v) is 11.6. The van der Waals surface area contributed by atoms with E-state index in [2.05, 4.69) is 15.1 Å². The van der Waals surface area contributed by atoms with Crippen LogP contribution >= 0.6 is 11.3 Å². The molecule has 3 heterocycles. The number of imidazole rings is 1. The molecule has 3 aromatic heterocycles. The number of hydrogen-bond acceptors (Lipinski definition) is 5. The van der Waals surface area contributed by atoms with Crippen molar-refractivity contribution in [2.45, 2.75) is 13.3 Å². The second-order valence-electron chi connectivity index (χ2n) is 4.46. The second kappa shape index (κ2) is 4.32. The number of hydrogen-bond donors (Lipinski definition) is 0. The highest BCUT2D eigenvalue weighted by Crippen LogP contribution is 2.26. The quantitative estimate of drug-likeness (QED) is 0.569. The summed E-state index contributed by atoms with van der Waals surface area (Å²) in [6.07, 6.45) is 2.52. The summed E-state index contributed by atoms with van der Waals surface area (Å²) in [5.74, 6) is -1.71. The molecular formula is C13H8F2N4OS. The Morgan fingerprint density at radius 1 is 1.24 bits per heavy atom. The lowest BCUT2D eigenvalue weighted by atomic mass is 10.3. The van der Waals surface area contributed by atoms with Gasteiger partial charge in [-0.3, -0.25) is 0 Å². The summed E-state index contributed by atoms with van der Waals surface area (Å²) < 4.78 is 33.4. The standard InChI is InChI=1S/C13H8F2N4OS/c1-2-11-18-19-5-9(17-13(19)21-11)12-16-8-3-6(14)7(15)4-10(8)20-12/h3-5H,2H2,1H3. The van der Waals surface area contributed by atoms with E-state index in [1.165, 1.54) is 11.3 Å². The minimum absolute atomic E-state index is 0.183. The third-order valence-electron chi connectivity index (χ3n) is 3.04. The molecule has 4 rings (SSSR count). The average molecular weight is 306 g/mol. The SMILES string of the molecule is CCc1nn2cc(-c3nc4cc(F)c(F)cc4o3)nc2s1. The third-order valence-corrected chi connectivity index (χ3v) is 4.10. The minimum atomic E-state index is -0.967. The summed E-state index contributed by atoms with van der Waals surface area (Å²) >= 11 is 1.48. The molecule has 0 bridgehead atoms. The molecule has 0 aliphatic carbocycles. The average Bonchev–Trinajstić information content (AvgIpc) is 3.10. The topological polar surface area (TPSA) is 56.2 Å². The van der Waals surface area contributed by atoms with Gasteiger partial charge in [-0.15, -0.1) is 0 Å². The van der Waals surface area contributed by atoms with Crippen molar-refractivity contribution >= 4 is 27.4 Å². The zero-order chi connectivity index (χ0) is 14.6. The van der Waals surface area contributed by atoms with Gasteiger partial charge >= 0.3 is 0 Å². The van der Waals surface area contributed by atoms with Crippen LogP contribution in [-0.4, -0.2) is 19.6 Å². The molecule has 1 aromatic carbocycles. The first-order valence-corrected chi connectivity index (χ1v) is 7.06. The third kappa shape index (κ3) is 1.90. The van der Waals surface area contributed by atoms with Crippen LogP contribution in [0.4, 0.5) is 8.78 Å². The van der Waals surface area contributed by atoms with Crippen molar-refractivity contribution in [3.8, 4) is 11.6 Å². The fourth-order valence-electron chi connectivity index (χ4n) is 2.02. The number of nitrogens with zero attached hydrogens (tertiary/aromatic N) is 4. The first kappa shape index (κ1) is 12.4. The highest BCUT2D eigenvalue weighted by molar-refractivity contribution is 7.16. The highest BCUT2D eigenvalue weighted by Gasteiger charge is 2.16. The van der Waals surface area contributed by atoms with Crippen LogP contribution in [0.25, 0.3) is 27.6 Å². The molecule has 0 radical (unpaired) electrons. The lowest BCUT2D eigenvalue weighted by molar-refractivity contribution is 0.507. The first-order valence-electron chi connectivity index (χ1n) is 6.25. The van der Waals surface area contributed by atoms with Gasteiger partial charge in [0.1, 0.15) is 16.2 Å². The van der Waals surface area contributed by atoms with Crippen molar-refractivity contribution in [2.75, 3.05) is 0 Å². The van der Waals surface area contributed by atoms with Crippen molar-refractivity contribution in [3.63, 3.8) is 0 Å². The Morgan fingerprint density at radius 2 is 2.05 bits per heavy atom. The van der Waals surface area contributed by atoms with E-state index in [0.717, 1.165) is 28.5 Å². The van der Waals surface area contributed by atoms with Crippen molar-refractivity contribution < 1.29 is 13.2 Å². The number of halogens is 2. The molecule has 4 aromatic rings. The van der Waals surface area contributed by atoms with E-state index in [1.54, 1.807) is 10.7 Å². The van der Waals surface area contributed by atoms with Crippen LogP contribution in [0.3, 0.4) is 0 Å². The van der Waals surface area contributed by atoms with Crippen LogP contribution in [0.15, 0.2) is 22.7 Å². The largest absolute Gasteiger partial charge is 0.435 e. The Hall–Kier alpha value is -2.35. The number of aryl methyl sites for hydroxylation is 1. The molecule has 8 heteroatoms. The van der Waals surface area contributed by atoms with E-state index >= 15 is 0 Å². The molecule has 106 valence electrons. The summed E-state index contributed by atoms with van der Waals surface area (Å²) in [7, 11) is 0. The summed E-state index contributed by atoms with van der Waals surface area (Å²) in [5, 5.41) is 5.32. The normalized spacial score (nSPS) is 11.8. The zero-order valence-electron chi connectivity index (χ0n) is 10.8. The van der Waals surface area contributed by atoms with E-state index in [9.17, 15) is 8.78 Å². The highest BCUT2D eigenvalue weighted by atomic mass is 32.1. The van der Waals surface area contributed by atoms with Gasteiger partial charge in [0.15, 0.2) is 17.2 Å². The smallest absolute Gasteiger partial charge is 0.247 e. The van der Waals surface area contributed by atoms with Gasteiger partial charge in [0, 0.05) is 12.1 Å². The van der Waals surface area contributed by atoms with Gasteiger partial charge in [0.25, 0.3) is 0 Å². The van der Waals surface area contributed by atoms with Crippen LogP contribution < -0.4 is 0 Å². The second-order valence-corrected chi connectivity index (χ2v) is 5.50. The Kier molecular flexibility index (Phi) is 2.55. The fraction of sp³-hybridized carbons (Fsp3) is 0.154. The maximum Gasteiger partial charge on any atom is 0.247 e. The van der Waals surface area contributed by atoms with E-state index in [0.29, 0.717) is 5.69 Å². The van der Waals surface area contributed by atoms with E-state index in [1.807, 2.05) is 6.92 Å². The minimum Gasteiger partial charge on any atom is -0.435 e. The van der Waals surface area contributed by atoms with Gasteiger partial charge in [-0.1, -0.05) is 18.3 Å². The van der Waals surface area contributed by atoms with Gasteiger partial charge in [0.05, 0.1) is 6.20 Å². The molecule has 0 aliphatic rings. The molecule has 0 saturated heterocycles. The van der Waals surface area contributed by atoms with Gasteiger partial charge in [-0.05, 0) is 6.42 Å². The van der Waals surface area contributed by atoms with Crippen molar-refractivity contribution in [1.29, 1.82) is 0 Å². The van der Waals surface area contributed by atoms with E-state index in [-0.39, 0.29) is 17.0 Å². The van der Waals surface area contributed by atoms with Crippen molar-refractivity contribution in [1.82, 2.24) is 19.6 Å². The lowest BCUT2D eigenvalue weighted by Gasteiger charge is -1.89. The Labute approximate surface area is 120 Å². The van der Waals surface area contributed by atoms with Gasteiger partial charge in [-0.2, -0.15) is 5.10 Å². The van der Waals surface area contributed by atoms with Crippen LogP contribution in [0.1, 0.15) is 11.9 Å². The van der Waals surface area contributed by atoms with Crippen LogP contribution in [0, 0.1) is 11.6 Å². The molecule has 0 amide bonds. The van der Waals surface area contributed by atoms with Crippen LogP contribution in [-0.2, 0) is 6.42 Å². The fourth-order valence-corrected chi connectivity index (χ4v) is 2.84. The molecule has 5 nitrogen and oxygen atoms in total. The number of rotatable bonds is 2. The number of aromatic nitrogens is 4. The van der Waals surface area contributed by atoms with E-state index in [4.69, 9.17) is 4.42 Å². The van der Waals surface area contributed by atoms with E-state index < -0.39 is 11.6 Å². The monoisotopic (exact) mass is 306 g/mol.